The van der Waals surface area contributed by atoms with Crippen LogP contribution >= 0.6 is 0 Å². The number of nitrogens with zero attached hydrogens (tertiary/aromatic N) is 1. The van der Waals surface area contributed by atoms with E-state index >= 15 is 0 Å². The first-order chi connectivity index (χ1) is 9.99. The third-order valence-corrected chi connectivity index (χ3v) is 4.14. The van der Waals surface area contributed by atoms with E-state index in [1.165, 1.54) is 12.1 Å². The van der Waals surface area contributed by atoms with Crippen LogP contribution in [0.3, 0.4) is 0 Å². The highest BCUT2D eigenvalue weighted by molar-refractivity contribution is 5.84. The Bertz CT molecular complexity index is 521. The SMILES string of the molecule is CCCN1C(=O)C(C(C)CC)NC1c1ccc(F)c(F)c1. The monoisotopic (exact) mass is 296 g/mol. The second-order valence-electron chi connectivity index (χ2n) is 5.64. The van der Waals surface area contributed by atoms with Crippen molar-refractivity contribution in [3.63, 3.8) is 0 Å². The molecule has 0 aliphatic carbocycles. The van der Waals surface area contributed by atoms with Crippen LogP contribution in [-0.2, 0) is 4.79 Å². The molecular formula is C16H22F2N2O. The van der Waals surface area contributed by atoms with E-state index in [1.807, 2.05) is 20.8 Å². The molecule has 116 valence electrons. The summed E-state index contributed by atoms with van der Waals surface area (Å²) >= 11 is 0. The Morgan fingerprint density at radius 3 is 2.57 bits per heavy atom. The molecule has 1 aromatic rings. The molecule has 3 atom stereocenters. The predicted molar refractivity (Wildman–Crippen MR) is 77.5 cm³/mol. The van der Waals surface area contributed by atoms with Gasteiger partial charge in [-0.05, 0) is 30.0 Å². The van der Waals surface area contributed by atoms with Gasteiger partial charge in [-0.15, -0.1) is 0 Å². The van der Waals surface area contributed by atoms with Crippen molar-refractivity contribution in [3.8, 4) is 0 Å². The number of benzene rings is 1. The Hall–Kier alpha value is -1.49. The smallest absolute Gasteiger partial charge is 0.241 e. The highest BCUT2D eigenvalue weighted by Crippen LogP contribution is 2.29. The third kappa shape index (κ3) is 3.07. The Labute approximate surface area is 124 Å². The first-order valence-corrected chi connectivity index (χ1v) is 7.51. The van der Waals surface area contributed by atoms with Crippen molar-refractivity contribution in [2.24, 2.45) is 5.92 Å². The molecule has 0 saturated carbocycles. The highest BCUT2D eigenvalue weighted by Gasteiger charge is 2.41. The maximum Gasteiger partial charge on any atom is 0.241 e. The molecule has 3 unspecified atom stereocenters. The Kier molecular flexibility index (Phi) is 4.93. The molecule has 1 amide bonds. The second-order valence-corrected chi connectivity index (χ2v) is 5.64. The van der Waals surface area contributed by atoms with Gasteiger partial charge in [-0.25, -0.2) is 8.78 Å². The number of amides is 1. The molecule has 1 heterocycles. The summed E-state index contributed by atoms with van der Waals surface area (Å²) < 4.78 is 26.5. The van der Waals surface area contributed by atoms with Crippen LogP contribution in [0, 0.1) is 17.6 Å². The summed E-state index contributed by atoms with van der Waals surface area (Å²) in [4.78, 5) is 14.3. The van der Waals surface area contributed by atoms with Crippen LogP contribution in [0.1, 0.15) is 45.3 Å². The molecule has 5 heteroatoms. The summed E-state index contributed by atoms with van der Waals surface area (Å²) in [5, 5.41) is 3.28. The maximum absolute atomic E-state index is 13.5. The Morgan fingerprint density at radius 1 is 1.29 bits per heavy atom. The number of hydrogen-bond donors (Lipinski definition) is 1. The molecule has 0 spiro atoms. The highest BCUT2D eigenvalue weighted by atomic mass is 19.2. The summed E-state index contributed by atoms with van der Waals surface area (Å²) in [7, 11) is 0. The van der Waals surface area contributed by atoms with Gasteiger partial charge in [0.15, 0.2) is 11.6 Å². The molecule has 1 N–H and O–H groups in total. The van der Waals surface area contributed by atoms with E-state index in [1.54, 1.807) is 4.90 Å². The van der Waals surface area contributed by atoms with Crippen molar-refractivity contribution in [1.82, 2.24) is 10.2 Å². The molecule has 1 aliphatic rings. The van der Waals surface area contributed by atoms with Gasteiger partial charge in [-0.2, -0.15) is 0 Å². The van der Waals surface area contributed by atoms with Crippen LogP contribution < -0.4 is 5.32 Å². The van der Waals surface area contributed by atoms with Crippen molar-refractivity contribution < 1.29 is 13.6 Å². The van der Waals surface area contributed by atoms with Crippen molar-refractivity contribution in [2.45, 2.75) is 45.8 Å². The molecule has 3 nitrogen and oxygen atoms in total. The molecular weight excluding hydrogens is 274 g/mol. The van der Waals surface area contributed by atoms with Gasteiger partial charge in [0.25, 0.3) is 0 Å². The zero-order chi connectivity index (χ0) is 15.6. The number of hydrogen-bond acceptors (Lipinski definition) is 2. The zero-order valence-electron chi connectivity index (χ0n) is 12.7. The van der Waals surface area contributed by atoms with E-state index < -0.39 is 11.6 Å². The largest absolute Gasteiger partial charge is 0.322 e. The third-order valence-electron chi connectivity index (χ3n) is 4.14. The van der Waals surface area contributed by atoms with Gasteiger partial charge >= 0.3 is 0 Å². The van der Waals surface area contributed by atoms with E-state index in [0.29, 0.717) is 12.1 Å². The average molecular weight is 296 g/mol. The van der Waals surface area contributed by atoms with E-state index in [9.17, 15) is 13.6 Å². The summed E-state index contributed by atoms with van der Waals surface area (Å²) in [6.07, 6.45) is 1.32. The number of rotatable bonds is 5. The minimum atomic E-state index is -0.884. The Balaban J connectivity index is 2.31. The molecule has 2 rings (SSSR count). The summed E-state index contributed by atoms with van der Waals surface area (Å²) in [6, 6.07) is 3.55. The van der Waals surface area contributed by atoms with Gasteiger partial charge in [-0.1, -0.05) is 33.3 Å². The van der Waals surface area contributed by atoms with Gasteiger partial charge in [0.05, 0.1) is 6.04 Å². The topological polar surface area (TPSA) is 32.3 Å². The van der Waals surface area contributed by atoms with Crippen molar-refractivity contribution >= 4 is 5.91 Å². The lowest BCUT2D eigenvalue weighted by atomic mass is 9.99. The Morgan fingerprint density at radius 2 is 2.00 bits per heavy atom. The number of halogens is 2. The lowest BCUT2D eigenvalue weighted by molar-refractivity contribution is -0.131. The van der Waals surface area contributed by atoms with Crippen LogP contribution in [0.15, 0.2) is 18.2 Å². The quantitative estimate of drug-likeness (QED) is 0.905. The molecule has 0 radical (unpaired) electrons. The predicted octanol–water partition coefficient (Wildman–Crippen LogP) is 3.22. The van der Waals surface area contributed by atoms with Gasteiger partial charge in [-0.3, -0.25) is 10.1 Å². The molecule has 1 aromatic carbocycles. The van der Waals surface area contributed by atoms with E-state index in [2.05, 4.69) is 5.32 Å². The zero-order valence-corrected chi connectivity index (χ0v) is 12.7. The van der Waals surface area contributed by atoms with Crippen LogP contribution in [0.25, 0.3) is 0 Å². The van der Waals surface area contributed by atoms with Crippen molar-refractivity contribution in [2.75, 3.05) is 6.54 Å². The van der Waals surface area contributed by atoms with Crippen molar-refractivity contribution in [1.29, 1.82) is 0 Å². The van der Waals surface area contributed by atoms with Crippen LogP contribution in [0.5, 0.6) is 0 Å². The fraction of sp³-hybridized carbons (Fsp3) is 0.562. The molecule has 1 aliphatic heterocycles. The summed E-state index contributed by atoms with van der Waals surface area (Å²) in [5.41, 5.74) is 0.585. The van der Waals surface area contributed by atoms with Crippen molar-refractivity contribution in [3.05, 3.63) is 35.4 Å². The van der Waals surface area contributed by atoms with Gasteiger partial charge < -0.3 is 4.90 Å². The number of nitrogens with one attached hydrogen (secondary N) is 1. The molecule has 0 aromatic heterocycles. The molecule has 21 heavy (non-hydrogen) atoms. The second kappa shape index (κ2) is 6.52. The minimum Gasteiger partial charge on any atom is -0.322 e. The standard InChI is InChI=1S/C16H22F2N2O/c1-4-8-20-15(11-6-7-12(17)13(18)9-11)19-14(16(20)21)10(3)5-2/h6-7,9-10,14-15,19H,4-5,8H2,1-3H3. The van der Waals surface area contributed by atoms with Crippen LogP contribution in [0.4, 0.5) is 8.78 Å². The lowest BCUT2D eigenvalue weighted by Crippen LogP contribution is -2.35. The average Bonchev–Trinajstić information content (AvgIpc) is 2.79. The van der Waals surface area contributed by atoms with E-state index in [4.69, 9.17) is 0 Å². The fourth-order valence-electron chi connectivity index (χ4n) is 2.72. The van der Waals surface area contributed by atoms with E-state index in [-0.39, 0.29) is 24.0 Å². The fourth-order valence-corrected chi connectivity index (χ4v) is 2.72. The maximum atomic E-state index is 13.5. The normalized spacial score (nSPS) is 23.7. The minimum absolute atomic E-state index is 0.0425. The first kappa shape index (κ1) is 15.9. The van der Waals surface area contributed by atoms with E-state index in [0.717, 1.165) is 18.9 Å². The van der Waals surface area contributed by atoms with Gasteiger partial charge in [0, 0.05) is 6.54 Å². The molecule has 1 fully saturated rings. The van der Waals surface area contributed by atoms with Gasteiger partial charge in [0.1, 0.15) is 6.17 Å². The van der Waals surface area contributed by atoms with Gasteiger partial charge in [0.2, 0.25) is 5.91 Å². The summed E-state index contributed by atoms with van der Waals surface area (Å²) in [5.74, 6) is -1.51. The number of carbonyl (C=O) groups is 1. The lowest BCUT2D eigenvalue weighted by Gasteiger charge is -2.24. The first-order valence-electron chi connectivity index (χ1n) is 7.51. The molecule has 1 saturated heterocycles. The van der Waals surface area contributed by atoms with Crippen LogP contribution in [0.2, 0.25) is 0 Å². The van der Waals surface area contributed by atoms with Crippen LogP contribution in [-0.4, -0.2) is 23.4 Å². The number of carbonyl (C=O) groups excluding carboxylic acids is 1. The molecule has 0 bridgehead atoms. The summed E-state index contributed by atoms with van der Waals surface area (Å²) in [6.45, 7) is 6.65.